The number of benzene rings is 3. The van der Waals surface area contributed by atoms with Crippen LogP contribution in [-0.2, 0) is 22.6 Å². The van der Waals surface area contributed by atoms with E-state index in [0.717, 1.165) is 21.2 Å². The number of rotatable bonds is 9. The van der Waals surface area contributed by atoms with Gasteiger partial charge in [0.1, 0.15) is 11.8 Å². The molecule has 0 bridgehead atoms. The van der Waals surface area contributed by atoms with Crippen LogP contribution in [0.25, 0.3) is 0 Å². The molecule has 0 heterocycles. The number of carbonyl (C=O) groups excluding carboxylic acids is 2. The highest BCUT2D eigenvalue weighted by Gasteiger charge is 2.33. The summed E-state index contributed by atoms with van der Waals surface area (Å²) in [5.41, 5.74) is 2.99. The van der Waals surface area contributed by atoms with Crippen molar-refractivity contribution in [2.24, 2.45) is 0 Å². The minimum absolute atomic E-state index is 0.0498. The SMILES string of the molecule is Cc1cc(OCC(=O)N(Cc2c(Cl)cccc2Cl)[C@H](Cc2ccccc2)C(=O)NC(C)(C)C)cc(C)c1Br. The van der Waals surface area contributed by atoms with Crippen LogP contribution in [-0.4, -0.2) is 34.9 Å². The molecule has 0 aromatic heterocycles. The summed E-state index contributed by atoms with van der Waals surface area (Å²) in [6, 6.07) is 17.7. The summed E-state index contributed by atoms with van der Waals surface area (Å²) < 4.78 is 6.93. The molecule has 0 spiro atoms. The highest BCUT2D eigenvalue weighted by molar-refractivity contribution is 9.10. The summed E-state index contributed by atoms with van der Waals surface area (Å²) in [6.07, 6.45) is 0.313. The third-order valence-corrected chi connectivity index (χ3v) is 7.89. The molecular weight excluding hydrogens is 587 g/mol. The van der Waals surface area contributed by atoms with Gasteiger partial charge in [-0.05, 0) is 75.6 Å². The second-order valence-electron chi connectivity index (χ2n) is 10.3. The molecule has 0 aliphatic heterocycles. The van der Waals surface area contributed by atoms with Crippen molar-refractivity contribution >= 4 is 50.9 Å². The molecule has 0 saturated heterocycles. The molecule has 0 radical (unpaired) electrons. The third kappa shape index (κ3) is 8.23. The summed E-state index contributed by atoms with van der Waals surface area (Å²) in [5, 5.41) is 3.88. The van der Waals surface area contributed by atoms with Crippen molar-refractivity contribution in [3.05, 3.63) is 97.4 Å². The maximum Gasteiger partial charge on any atom is 0.261 e. The summed E-state index contributed by atoms with van der Waals surface area (Å²) in [5.74, 6) is -0.0524. The Balaban J connectivity index is 1.99. The second-order valence-corrected chi connectivity index (χ2v) is 11.9. The smallest absolute Gasteiger partial charge is 0.261 e. The molecule has 5 nitrogen and oxygen atoms in total. The van der Waals surface area contributed by atoms with Crippen LogP contribution < -0.4 is 10.1 Å². The van der Waals surface area contributed by atoms with Gasteiger partial charge in [0, 0.05) is 38.6 Å². The van der Waals surface area contributed by atoms with Crippen molar-refractivity contribution in [3.8, 4) is 5.75 Å². The van der Waals surface area contributed by atoms with Crippen molar-refractivity contribution < 1.29 is 14.3 Å². The number of ether oxygens (including phenoxy) is 1. The fraction of sp³-hybridized carbons (Fsp3) is 0.333. The van der Waals surface area contributed by atoms with Gasteiger partial charge in [0.15, 0.2) is 6.61 Å². The molecular formula is C30H33BrCl2N2O3. The van der Waals surface area contributed by atoms with E-state index in [-0.39, 0.29) is 25.0 Å². The molecule has 1 atom stereocenters. The Bertz CT molecular complexity index is 1250. The lowest BCUT2D eigenvalue weighted by atomic mass is 10.0. The molecule has 0 saturated carbocycles. The lowest BCUT2D eigenvalue weighted by molar-refractivity contribution is -0.143. The summed E-state index contributed by atoms with van der Waals surface area (Å²) in [7, 11) is 0. The van der Waals surface area contributed by atoms with Crippen LogP contribution in [0, 0.1) is 13.8 Å². The molecule has 0 fully saturated rings. The molecule has 0 aliphatic carbocycles. The van der Waals surface area contributed by atoms with Gasteiger partial charge in [-0.1, -0.05) is 75.5 Å². The van der Waals surface area contributed by atoms with Gasteiger partial charge in [-0.15, -0.1) is 0 Å². The number of hydrogen-bond donors (Lipinski definition) is 1. The number of nitrogens with zero attached hydrogens (tertiary/aromatic N) is 1. The van der Waals surface area contributed by atoms with Crippen molar-refractivity contribution in [1.29, 1.82) is 0 Å². The number of nitrogens with one attached hydrogen (secondary N) is 1. The van der Waals surface area contributed by atoms with Crippen LogP contribution in [0.5, 0.6) is 5.75 Å². The number of amides is 2. The van der Waals surface area contributed by atoms with Gasteiger partial charge in [-0.2, -0.15) is 0 Å². The number of halogens is 3. The highest BCUT2D eigenvalue weighted by Crippen LogP contribution is 2.29. The van der Waals surface area contributed by atoms with E-state index in [0.29, 0.717) is 27.8 Å². The Morgan fingerprint density at radius 1 is 0.974 bits per heavy atom. The number of aryl methyl sites for hydroxylation is 2. The Morgan fingerprint density at radius 2 is 1.55 bits per heavy atom. The zero-order valence-corrected chi connectivity index (χ0v) is 25.4. The van der Waals surface area contributed by atoms with E-state index in [1.165, 1.54) is 4.90 Å². The second kappa shape index (κ2) is 13.0. The van der Waals surface area contributed by atoms with Gasteiger partial charge in [0.2, 0.25) is 5.91 Å². The molecule has 0 unspecified atom stereocenters. The zero-order chi connectivity index (χ0) is 28.0. The van der Waals surface area contributed by atoms with Crippen LogP contribution in [0.1, 0.15) is 43.0 Å². The minimum Gasteiger partial charge on any atom is -0.484 e. The summed E-state index contributed by atoms with van der Waals surface area (Å²) >= 11 is 16.5. The Kier molecular flexibility index (Phi) is 10.3. The number of carbonyl (C=O) groups is 2. The van der Waals surface area contributed by atoms with Gasteiger partial charge < -0.3 is 15.0 Å². The van der Waals surface area contributed by atoms with E-state index >= 15 is 0 Å². The van der Waals surface area contributed by atoms with Gasteiger partial charge in [-0.25, -0.2) is 0 Å². The van der Waals surface area contributed by atoms with Crippen molar-refractivity contribution in [2.75, 3.05) is 6.61 Å². The van der Waals surface area contributed by atoms with Crippen LogP contribution >= 0.6 is 39.1 Å². The standard InChI is InChI=1S/C30H33BrCl2N2O3/c1-19-14-22(15-20(2)28(19)31)38-18-27(36)35(17-23-24(32)12-9-13-25(23)33)26(29(37)34-30(3,4)5)16-21-10-7-6-8-11-21/h6-15,26H,16-18H2,1-5H3,(H,34,37)/t26-/m1/s1. The maximum absolute atomic E-state index is 13.8. The summed E-state index contributed by atoms with van der Waals surface area (Å²) in [6.45, 7) is 9.44. The first-order chi connectivity index (χ1) is 17.9. The van der Waals surface area contributed by atoms with Gasteiger partial charge in [0.05, 0.1) is 0 Å². The summed E-state index contributed by atoms with van der Waals surface area (Å²) in [4.78, 5) is 29.0. The molecule has 1 N–H and O–H groups in total. The van der Waals surface area contributed by atoms with E-state index in [1.54, 1.807) is 18.2 Å². The molecule has 38 heavy (non-hydrogen) atoms. The molecule has 3 aromatic carbocycles. The fourth-order valence-corrected chi connectivity index (χ4v) is 4.82. The lowest BCUT2D eigenvalue weighted by Crippen LogP contribution is -2.55. The van der Waals surface area contributed by atoms with E-state index in [2.05, 4.69) is 21.2 Å². The van der Waals surface area contributed by atoms with Gasteiger partial charge in [-0.3, -0.25) is 9.59 Å². The largest absolute Gasteiger partial charge is 0.484 e. The molecule has 202 valence electrons. The molecule has 3 aromatic rings. The Hall–Kier alpha value is -2.54. The van der Waals surface area contributed by atoms with Crippen molar-refractivity contribution in [2.45, 2.75) is 59.2 Å². The number of hydrogen-bond acceptors (Lipinski definition) is 3. The Morgan fingerprint density at radius 3 is 2.11 bits per heavy atom. The van der Waals surface area contributed by atoms with Gasteiger partial charge >= 0.3 is 0 Å². The zero-order valence-electron chi connectivity index (χ0n) is 22.3. The topological polar surface area (TPSA) is 58.6 Å². The predicted molar refractivity (Wildman–Crippen MR) is 158 cm³/mol. The van der Waals surface area contributed by atoms with Crippen LogP contribution in [0.4, 0.5) is 0 Å². The Labute approximate surface area is 243 Å². The fourth-order valence-electron chi connectivity index (χ4n) is 4.08. The van der Waals surface area contributed by atoms with E-state index < -0.39 is 11.6 Å². The molecule has 3 rings (SSSR count). The van der Waals surface area contributed by atoms with E-state index in [1.807, 2.05) is 77.1 Å². The normalized spacial score (nSPS) is 12.1. The molecule has 2 amide bonds. The monoisotopic (exact) mass is 618 g/mol. The first-order valence-electron chi connectivity index (χ1n) is 12.3. The van der Waals surface area contributed by atoms with Gasteiger partial charge in [0.25, 0.3) is 5.91 Å². The first kappa shape index (κ1) is 30.0. The van der Waals surface area contributed by atoms with Crippen molar-refractivity contribution in [3.63, 3.8) is 0 Å². The van der Waals surface area contributed by atoms with E-state index in [9.17, 15) is 9.59 Å². The third-order valence-electron chi connectivity index (χ3n) is 5.93. The average molecular weight is 620 g/mol. The molecule has 8 heteroatoms. The highest BCUT2D eigenvalue weighted by atomic mass is 79.9. The maximum atomic E-state index is 13.8. The van der Waals surface area contributed by atoms with Crippen LogP contribution in [0.15, 0.2) is 65.1 Å². The van der Waals surface area contributed by atoms with Crippen LogP contribution in [0.3, 0.4) is 0 Å². The first-order valence-corrected chi connectivity index (χ1v) is 13.9. The minimum atomic E-state index is -0.826. The lowest BCUT2D eigenvalue weighted by Gasteiger charge is -2.34. The van der Waals surface area contributed by atoms with Crippen LogP contribution in [0.2, 0.25) is 10.0 Å². The predicted octanol–water partition coefficient (Wildman–Crippen LogP) is 7.31. The van der Waals surface area contributed by atoms with E-state index in [4.69, 9.17) is 27.9 Å². The average Bonchev–Trinajstić information content (AvgIpc) is 2.84. The quantitative estimate of drug-likeness (QED) is 0.273. The molecule has 0 aliphatic rings. The van der Waals surface area contributed by atoms with Crippen molar-refractivity contribution in [1.82, 2.24) is 10.2 Å².